The second-order valence-electron chi connectivity index (χ2n) is 15.7. The molecule has 0 aliphatic heterocycles. The smallest absolute Gasteiger partial charge is 0.304 e. The van der Waals surface area contributed by atoms with Gasteiger partial charge in [-0.05, 0) is 93.5 Å². The van der Waals surface area contributed by atoms with E-state index in [-0.39, 0.29) is 20.1 Å². The molecule has 3 nitrogen and oxygen atoms in total. The number of rotatable bonds is 7. The number of aromatic nitrogens is 3. The molecule has 3 aromatic heterocycles. The summed E-state index contributed by atoms with van der Waals surface area (Å²) in [5, 5.41) is 0. The van der Waals surface area contributed by atoms with E-state index in [1.54, 1.807) is 0 Å². The van der Waals surface area contributed by atoms with Gasteiger partial charge in [0.25, 0.3) is 0 Å². The minimum absolute atomic E-state index is 0. The SMILES string of the molecule is Cc1cc(-c2ccccc2)ccc1-c1cc(-c2[c-]cccc2)ncc1C.Cc1ccc(-c2[c-]cc(C)c(-c3ccccc3)c2)nc1.[Ir+3].[c-]1ccccc1-c1ccc(-c2ccccc2)cn1. The van der Waals surface area contributed by atoms with Gasteiger partial charge in [-0.15, -0.1) is 101 Å². The fourth-order valence-corrected chi connectivity index (χ4v) is 7.46. The Morgan fingerprint density at radius 3 is 1.43 bits per heavy atom. The van der Waals surface area contributed by atoms with Crippen molar-refractivity contribution in [2.24, 2.45) is 0 Å². The van der Waals surface area contributed by atoms with Gasteiger partial charge >= 0.3 is 20.1 Å². The summed E-state index contributed by atoms with van der Waals surface area (Å²) in [4.78, 5) is 13.6. The topological polar surface area (TPSA) is 38.7 Å². The zero-order valence-corrected chi connectivity index (χ0v) is 39.4. The average Bonchev–Trinajstić information content (AvgIpc) is 3.36. The fraction of sp³-hybridized carbons (Fsp3) is 0.0656. The number of hydrogen-bond acceptors (Lipinski definition) is 3. The zero-order valence-electron chi connectivity index (χ0n) is 37.0. The molecule has 0 aliphatic rings. The number of hydrogen-bond donors (Lipinski definition) is 0. The van der Waals surface area contributed by atoms with Gasteiger partial charge in [-0.2, -0.15) is 0 Å². The average molecular weight is 1020 g/mol. The van der Waals surface area contributed by atoms with Crippen molar-refractivity contribution in [3.8, 4) is 78.3 Å². The molecule has 10 aromatic rings. The van der Waals surface area contributed by atoms with Gasteiger partial charge in [0.05, 0.1) is 0 Å². The predicted molar refractivity (Wildman–Crippen MR) is 266 cm³/mol. The molecule has 0 aliphatic carbocycles. The van der Waals surface area contributed by atoms with E-state index in [2.05, 4.69) is 157 Å². The molecule has 0 saturated heterocycles. The van der Waals surface area contributed by atoms with Crippen molar-refractivity contribution in [3.05, 3.63) is 259 Å². The van der Waals surface area contributed by atoms with Gasteiger partial charge in [-0.3, -0.25) is 0 Å². The summed E-state index contributed by atoms with van der Waals surface area (Å²) in [6.07, 6.45) is 5.76. The summed E-state index contributed by atoms with van der Waals surface area (Å²) in [5.74, 6) is 0. The summed E-state index contributed by atoms with van der Waals surface area (Å²) in [6.45, 7) is 8.46. The van der Waals surface area contributed by atoms with Gasteiger partial charge < -0.3 is 15.0 Å². The molecule has 316 valence electrons. The zero-order chi connectivity index (χ0) is 44.1. The number of pyridine rings is 3. The van der Waals surface area contributed by atoms with Crippen LogP contribution < -0.4 is 0 Å². The van der Waals surface area contributed by atoms with Gasteiger partial charge in [0.15, 0.2) is 0 Å². The molecule has 0 bridgehead atoms. The van der Waals surface area contributed by atoms with Crippen molar-refractivity contribution in [1.29, 1.82) is 0 Å². The van der Waals surface area contributed by atoms with Crippen LogP contribution in [0.2, 0.25) is 0 Å². The van der Waals surface area contributed by atoms with E-state index in [9.17, 15) is 0 Å². The second-order valence-corrected chi connectivity index (χ2v) is 15.7. The van der Waals surface area contributed by atoms with Crippen LogP contribution in [0.5, 0.6) is 0 Å². The first kappa shape index (κ1) is 45.7. The van der Waals surface area contributed by atoms with Crippen molar-refractivity contribution in [2.45, 2.75) is 27.7 Å². The summed E-state index contributed by atoms with van der Waals surface area (Å²) < 4.78 is 0. The van der Waals surface area contributed by atoms with Crippen LogP contribution in [-0.4, -0.2) is 15.0 Å². The Kier molecular flexibility index (Phi) is 15.7. The molecule has 65 heavy (non-hydrogen) atoms. The van der Waals surface area contributed by atoms with Gasteiger partial charge in [0, 0.05) is 18.6 Å². The molecule has 0 N–H and O–H groups in total. The minimum atomic E-state index is 0. The largest absolute Gasteiger partial charge is 3.00 e. The Morgan fingerprint density at radius 2 is 0.862 bits per heavy atom. The maximum atomic E-state index is 4.60. The van der Waals surface area contributed by atoms with Crippen molar-refractivity contribution in [3.63, 3.8) is 0 Å². The Bertz CT molecular complexity index is 2970. The van der Waals surface area contributed by atoms with Crippen molar-refractivity contribution >= 4 is 0 Å². The quantitative estimate of drug-likeness (QED) is 0.149. The van der Waals surface area contributed by atoms with E-state index in [1.165, 1.54) is 61.2 Å². The molecule has 0 fully saturated rings. The third kappa shape index (κ3) is 11.8. The predicted octanol–water partition coefficient (Wildman–Crippen LogP) is 15.5. The normalized spacial score (nSPS) is 10.3. The van der Waals surface area contributed by atoms with Gasteiger partial charge in [0.1, 0.15) is 0 Å². The van der Waals surface area contributed by atoms with Crippen LogP contribution in [0, 0.1) is 45.9 Å². The molecule has 0 unspecified atom stereocenters. The number of aryl methyl sites for hydroxylation is 4. The first-order valence-corrected chi connectivity index (χ1v) is 21.5. The molecule has 0 spiro atoms. The molecule has 10 rings (SSSR count). The minimum Gasteiger partial charge on any atom is -0.304 e. The van der Waals surface area contributed by atoms with Crippen LogP contribution in [0.3, 0.4) is 0 Å². The van der Waals surface area contributed by atoms with Crippen LogP contribution >= 0.6 is 0 Å². The van der Waals surface area contributed by atoms with E-state index in [0.29, 0.717) is 0 Å². The van der Waals surface area contributed by atoms with E-state index in [4.69, 9.17) is 0 Å². The summed E-state index contributed by atoms with van der Waals surface area (Å²) in [5.41, 5.74) is 20.6. The monoisotopic (exact) mass is 1020 g/mol. The van der Waals surface area contributed by atoms with Crippen LogP contribution in [0.15, 0.2) is 219 Å². The molecule has 0 atom stereocenters. The van der Waals surface area contributed by atoms with Crippen LogP contribution in [-0.2, 0) is 20.1 Å². The van der Waals surface area contributed by atoms with E-state index >= 15 is 0 Å². The summed E-state index contributed by atoms with van der Waals surface area (Å²) >= 11 is 0. The van der Waals surface area contributed by atoms with Crippen molar-refractivity contribution in [2.75, 3.05) is 0 Å². The molecule has 4 heteroatoms. The summed E-state index contributed by atoms with van der Waals surface area (Å²) in [7, 11) is 0. The maximum Gasteiger partial charge on any atom is 3.00 e. The van der Waals surface area contributed by atoms with Crippen molar-refractivity contribution in [1.82, 2.24) is 15.0 Å². The maximum absolute atomic E-state index is 4.60. The Balaban J connectivity index is 0.000000147. The molecule has 0 amide bonds. The van der Waals surface area contributed by atoms with Crippen LogP contribution in [0.4, 0.5) is 0 Å². The van der Waals surface area contributed by atoms with Crippen LogP contribution in [0.25, 0.3) is 78.3 Å². The Hall–Kier alpha value is -7.36. The Labute approximate surface area is 398 Å². The van der Waals surface area contributed by atoms with E-state index < -0.39 is 0 Å². The van der Waals surface area contributed by atoms with E-state index in [0.717, 1.165) is 39.3 Å². The standard InChI is InChI=1S/C25H20N.C19H16N.C17H12N.Ir/c1-18-15-22(20-9-5-3-6-10-20)13-14-23(18)24-16-25(26-17-19(24)2)21-11-7-4-8-12-21;1-14-8-11-19(20-13-14)17-10-9-15(2)18(12-17)16-6-4-3-5-7-16;1-3-7-14(8-4-1)16-11-12-17(18-13-16)15-9-5-2-6-10-15;/h3-11,13-17H,1-2H3;3-9,11-13H,1-2H3;1-9,11-13H;/q3*-1;+3. The second kappa shape index (κ2) is 22.3. The molecule has 0 radical (unpaired) electrons. The van der Waals surface area contributed by atoms with E-state index in [1.807, 2.05) is 123 Å². The van der Waals surface area contributed by atoms with Crippen LogP contribution in [0.1, 0.15) is 22.3 Å². The fourth-order valence-electron chi connectivity index (χ4n) is 7.46. The molecular weight excluding hydrogens is 967 g/mol. The summed E-state index contributed by atoms with van der Waals surface area (Å²) in [6, 6.07) is 78.2. The first-order valence-electron chi connectivity index (χ1n) is 21.5. The Morgan fingerprint density at radius 1 is 0.323 bits per heavy atom. The molecule has 7 aromatic carbocycles. The number of nitrogens with zero attached hydrogens (tertiary/aromatic N) is 3. The van der Waals surface area contributed by atoms with Gasteiger partial charge in [0.2, 0.25) is 0 Å². The van der Waals surface area contributed by atoms with Gasteiger partial charge in [-0.1, -0.05) is 152 Å². The third-order valence-corrected chi connectivity index (χ3v) is 11.0. The van der Waals surface area contributed by atoms with Gasteiger partial charge in [-0.25, -0.2) is 0 Å². The first-order chi connectivity index (χ1) is 31.4. The number of benzene rings is 7. The third-order valence-electron chi connectivity index (χ3n) is 11.0. The van der Waals surface area contributed by atoms with Crippen molar-refractivity contribution < 1.29 is 20.1 Å². The molecule has 3 heterocycles. The molecule has 0 saturated carbocycles. The molecular formula is C61H48IrN3.